The Hall–Kier alpha value is -1.13. The van der Waals surface area contributed by atoms with Crippen LogP contribution in [-0.4, -0.2) is 22.0 Å². The molecule has 0 unspecified atom stereocenters. The molecular weight excluding hydrogens is 222 g/mol. The average molecular weight is 237 g/mol. The Kier molecular flexibility index (Phi) is 2.86. The molecule has 0 aromatic heterocycles. The molecule has 0 atom stereocenters. The summed E-state index contributed by atoms with van der Waals surface area (Å²) in [5.74, 6) is 0. The zero-order valence-electron chi connectivity index (χ0n) is 9.45. The number of rotatable bonds is 3. The Balaban J connectivity index is 2.40. The molecular formula is C12H15NO2S. The van der Waals surface area contributed by atoms with Gasteiger partial charge < -0.3 is 5.32 Å². The summed E-state index contributed by atoms with van der Waals surface area (Å²) < 4.78 is 23.7. The predicted octanol–water partition coefficient (Wildman–Crippen LogP) is 1.60. The highest BCUT2D eigenvalue weighted by atomic mass is 32.2. The SMILES string of the molecule is CNCCc1ccc2c(c1)C=C(C)S2(=O)=O. The summed E-state index contributed by atoms with van der Waals surface area (Å²) in [4.78, 5) is 0.881. The molecule has 1 aromatic carbocycles. The zero-order valence-corrected chi connectivity index (χ0v) is 10.3. The Morgan fingerprint density at radius 2 is 2.06 bits per heavy atom. The van der Waals surface area contributed by atoms with Crippen LogP contribution in [-0.2, 0) is 16.3 Å². The van der Waals surface area contributed by atoms with Crippen molar-refractivity contribution >= 4 is 15.9 Å². The van der Waals surface area contributed by atoms with Crippen molar-refractivity contribution in [3.05, 3.63) is 34.2 Å². The molecule has 0 saturated heterocycles. The Morgan fingerprint density at radius 3 is 2.75 bits per heavy atom. The molecule has 1 heterocycles. The predicted molar refractivity (Wildman–Crippen MR) is 64.9 cm³/mol. The molecule has 1 N–H and O–H groups in total. The Morgan fingerprint density at radius 1 is 1.31 bits per heavy atom. The van der Waals surface area contributed by atoms with Crippen molar-refractivity contribution in [1.82, 2.24) is 5.32 Å². The monoisotopic (exact) mass is 237 g/mol. The molecule has 16 heavy (non-hydrogen) atoms. The van der Waals surface area contributed by atoms with Gasteiger partial charge in [-0.1, -0.05) is 12.1 Å². The van der Waals surface area contributed by atoms with E-state index in [1.807, 2.05) is 19.2 Å². The van der Waals surface area contributed by atoms with Gasteiger partial charge in [-0.3, -0.25) is 0 Å². The Labute approximate surface area is 96.1 Å². The smallest absolute Gasteiger partial charge is 0.203 e. The van der Waals surface area contributed by atoms with Crippen molar-refractivity contribution in [2.45, 2.75) is 18.2 Å². The maximum Gasteiger partial charge on any atom is 0.203 e. The molecule has 0 fully saturated rings. The van der Waals surface area contributed by atoms with Gasteiger partial charge >= 0.3 is 0 Å². The topological polar surface area (TPSA) is 46.2 Å². The summed E-state index contributed by atoms with van der Waals surface area (Å²) in [6.07, 6.45) is 2.66. The van der Waals surface area contributed by atoms with Crippen LogP contribution < -0.4 is 5.32 Å². The minimum Gasteiger partial charge on any atom is -0.319 e. The second-order valence-electron chi connectivity index (χ2n) is 3.98. The first kappa shape index (κ1) is 11.4. The van der Waals surface area contributed by atoms with E-state index in [4.69, 9.17) is 0 Å². The molecule has 1 aliphatic rings. The number of fused-ring (bicyclic) bond motifs is 1. The molecule has 86 valence electrons. The van der Waals surface area contributed by atoms with Gasteiger partial charge in [-0.05, 0) is 50.2 Å². The molecule has 1 aromatic rings. The number of hydrogen-bond acceptors (Lipinski definition) is 3. The summed E-state index contributed by atoms with van der Waals surface area (Å²) in [6, 6.07) is 5.56. The minimum absolute atomic E-state index is 0.438. The Bertz CT molecular complexity index is 544. The molecule has 2 rings (SSSR count). The largest absolute Gasteiger partial charge is 0.319 e. The van der Waals surface area contributed by atoms with E-state index in [2.05, 4.69) is 5.32 Å². The highest BCUT2D eigenvalue weighted by Gasteiger charge is 2.26. The first-order valence-electron chi connectivity index (χ1n) is 5.26. The number of hydrogen-bond donors (Lipinski definition) is 1. The maximum absolute atomic E-state index is 11.8. The van der Waals surface area contributed by atoms with Crippen molar-refractivity contribution < 1.29 is 8.42 Å². The van der Waals surface area contributed by atoms with Crippen LogP contribution in [0.2, 0.25) is 0 Å². The van der Waals surface area contributed by atoms with Crippen LogP contribution >= 0.6 is 0 Å². The summed E-state index contributed by atoms with van der Waals surface area (Å²) >= 11 is 0. The molecule has 1 aliphatic heterocycles. The summed E-state index contributed by atoms with van der Waals surface area (Å²) in [5, 5.41) is 3.08. The number of nitrogens with one attached hydrogen (secondary N) is 1. The van der Waals surface area contributed by atoms with Crippen molar-refractivity contribution in [3.8, 4) is 0 Å². The van der Waals surface area contributed by atoms with Crippen LogP contribution in [0.25, 0.3) is 6.08 Å². The van der Waals surface area contributed by atoms with Crippen molar-refractivity contribution in [3.63, 3.8) is 0 Å². The lowest BCUT2D eigenvalue weighted by Crippen LogP contribution is -2.10. The standard InChI is InChI=1S/C12H15NO2S/c1-9-7-11-8-10(5-6-13-2)3-4-12(11)16(9,14)15/h3-4,7-8,13H,5-6H2,1-2H3. The van der Waals surface area contributed by atoms with Gasteiger partial charge in [0.1, 0.15) is 0 Å². The fourth-order valence-electron chi connectivity index (χ4n) is 1.85. The number of sulfone groups is 1. The fraction of sp³-hybridized carbons (Fsp3) is 0.333. The highest BCUT2D eigenvalue weighted by molar-refractivity contribution is 7.95. The van der Waals surface area contributed by atoms with E-state index in [1.165, 1.54) is 0 Å². The summed E-state index contributed by atoms with van der Waals surface area (Å²) in [5.41, 5.74) is 1.99. The van der Waals surface area contributed by atoms with E-state index in [9.17, 15) is 8.42 Å². The van der Waals surface area contributed by atoms with Crippen LogP contribution in [0, 0.1) is 0 Å². The first-order chi connectivity index (χ1) is 7.55. The van der Waals surface area contributed by atoms with Crippen LogP contribution in [0.1, 0.15) is 18.1 Å². The lowest BCUT2D eigenvalue weighted by molar-refractivity contribution is 0.603. The van der Waals surface area contributed by atoms with E-state index >= 15 is 0 Å². The third kappa shape index (κ3) is 1.79. The molecule has 0 spiro atoms. The fourth-order valence-corrected chi connectivity index (χ4v) is 3.15. The molecule has 0 saturated carbocycles. The van der Waals surface area contributed by atoms with Crippen LogP contribution in [0.15, 0.2) is 28.0 Å². The van der Waals surface area contributed by atoms with Gasteiger partial charge in [0, 0.05) is 4.91 Å². The zero-order chi connectivity index (χ0) is 11.8. The van der Waals surface area contributed by atoms with Gasteiger partial charge in [-0.25, -0.2) is 8.42 Å². The molecule has 0 aliphatic carbocycles. The van der Waals surface area contributed by atoms with Gasteiger partial charge in [0.15, 0.2) is 0 Å². The van der Waals surface area contributed by atoms with Crippen LogP contribution in [0.5, 0.6) is 0 Å². The van der Waals surface area contributed by atoms with E-state index in [1.54, 1.807) is 19.1 Å². The third-order valence-corrected chi connectivity index (χ3v) is 4.73. The van der Waals surface area contributed by atoms with Gasteiger partial charge in [-0.2, -0.15) is 0 Å². The molecule has 4 heteroatoms. The van der Waals surface area contributed by atoms with E-state index in [-0.39, 0.29) is 0 Å². The number of allylic oxidation sites excluding steroid dienone is 1. The van der Waals surface area contributed by atoms with Crippen LogP contribution in [0.3, 0.4) is 0 Å². The van der Waals surface area contributed by atoms with Crippen molar-refractivity contribution in [1.29, 1.82) is 0 Å². The molecule has 0 bridgehead atoms. The third-order valence-electron chi connectivity index (χ3n) is 2.81. The minimum atomic E-state index is -3.18. The van der Waals surface area contributed by atoms with Gasteiger partial charge in [0.2, 0.25) is 9.84 Å². The van der Waals surface area contributed by atoms with E-state index in [0.29, 0.717) is 9.80 Å². The number of likely N-dealkylation sites (N-methyl/N-ethyl adjacent to an activating group) is 1. The molecule has 0 radical (unpaired) electrons. The molecule has 0 amide bonds. The van der Waals surface area contributed by atoms with E-state index < -0.39 is 9.84 Å². The van der Waals surface area contributed by atoms with E-state index in [0.717, 1.165) is 24.1 Å². The second-order valence-corrected chi connectivity index (χ2v) is 6.07. The second kappa shape index (κ2) is 4.03. The lowest BCUT2D eigenvalue weighted by Gasteiger charge is -2.04. The summed E-state index contributed by atoms with van der Waals surface area (Å²) in [7, 11) is -1.27. The van der Waals surface area contributed by atoms with Crippen LogP contribution in [0.4, 0.5) is 0 Å². The lowest BCUT2D eigenvalue weighted by atomic mass is 10.1. The number of benzene rings is 1. The van der Waals surface area contributed by atoms with Gasteiger partial charge in [0.25, 0.3) is 0 Å². The maximum atomic E-state index is 11.8. The van der Waals surface area contributed by atoms with Gasteiger partial charge in [-0.15, -0.1) is 0 Å². The average Bonchev–Trinajstić information content (AvgIpc) is 2.47. The first-order valence-corrected chi connectivity index (χ1v) is 6.75. The van der Waals surface area contributed by atoms with Gasteiger partial charge in [0.05, 0.1) is 4.90 Å². The van der Waals surface area contributed by atoms with Crippen molar-refractivity contribution in [2.75, 3.05) is 13.6 Å². The highest BCUT2D eigenvalue weighted by Crippen LogP contribution is 2.32. The normalized spacial score (nSPS) is 17.0. The van der Waals surface area contributed by atoms with Crippen molar-refractivity contribution in [2.24, 2.45) is 0 Å². The summed E-state index contributed by atoms with van der Waals surface area (Å²) in [6.45, 7) is 2.54. The molecule has 3 nitrogen and oxygen atoms in total. The quantitative estimate of drug-likeness (QED) is 0.868.